The number of ketones is 1. The summed E-state index contributed by atoms with van der Waals surface area (Å²) in [5, 5.41) is 0. The van der Waals surface area contributed by atoms with Crippen LogP contribution in [-0.2, 0) is 6.61 Å². The molecule has 132 valence electrons. The third kappa shape index (κ3) is 3.98. The molecule has 0 aliphatic carbocycles. The van der Waals surface area contributed by atoms with Crippen molar-refractivity contribution in [2.75, 3.05) is 0 Å². The van der Waals surface area contributed by atoms with Gasteiger partial charge in [0.25, 0.3) is 0 Å². The Bertz CT molecular complexity index is 1000. The van der Waals surface area contributed by atoms with Gasteiger partial charge in [-0.2, -0.15) is 0 Å². The molecule has 0 fully saturated rings. The molecule has 4 rings (SSSR count). The average Bonchev–Trinajstić information content (AvgIpc) is 3.03. The largest absolute Gasteiger partial charge is 0.489 e. The second-order valence-electron chi connectivity index (χ2n) is 6.16. The van der Waals surface area contributed by atoms with Crippen molar-refractivity contribution in [3.8, 4) is 11.5 Å². The Morgan fingerprint density at radius 2 is 1.63 bits per heavy atom. The lowest BCUT2D eigenvalue weighted by molar-refractivity contribution is 0.101. The number of rotatable bonds is 5. The van der Waals surface area contributed by atoms with E-state index < -0.39 is 0 Å². The molecule has 0 amide bonds. The average molecular weight is 354 g/mol. The van der Waals surface area contributed by atoms with Gasteiger partial charge < -0.3 is 9.47 Å². The van der Waals surface area contributed by atoms with Gasteiger partial charge in [-0.1, -0.05) is 72.8 Å². The minimum absolute atomic E-state index is 0.114. The number of hydrogen-bond acceptors (Lipinski definition) is 3. The number of carbonyl (C=O) groups is 1. The number of fused-ring (bicyclic) bond motifs is 1. The lowest BCUT2D eigenvalue weighted by atomic mass is 10.1. The zero-order valence-corrected chi connectivity index (χ0v) is 14.7. The van der Waals surface area contributed by atoms with Crippen molar-refractivity contribution < 1.29 is 14.3 Å². The fourth-order valence-corrected chi connectivity index (χ4v) is 2.82. The molecule has 0 bridgehead atoms. The number of allylic oxidation sites excluding steroid dienone is 3. The number of ether oxygens (including phenoxy) is 2. The highest BCUT2D eigenvalue weighted by molar-refractivity contribution is 6.12. The van der Waals surface area contributed by atoms with E-state index in [-0.39, 0.29) is 5.78 Å². The molecule has 0 unspecified atom stereocenters. The van der Waals surface area contributed by atoms with Crippen LogP contribution in [0.25, 0.3) is 6.08 Å². The Morgan fingerprint density at radius 3 is 2.41 bits per heavy atom. The molecule has 0 N–H and O–H groups in total. The molecule has 0 radical (unpaired) electrons. The fourth-order valence-electron chi connectivity index (χ4n) is 2.82. The van der Waals surface area contributed by atoms with E-state index in [1.165, 1.54) is 0 Å². The summed E-state index contributed by atoms with van der Waals surface area (Å²) < 4.78 is 11.5. The first kappa shape index (κ1) is 16.9. The van der Waals surface area contributed by atoms with Crippen molar-refractivity contribution in [2.24, 2.45) is 0 Å². The Balaban J connectivity index is 1.45. The van der Waals surface area contributed by atoms with Crippen LogP contribution < -0.4 is 9.47 Å². The molecule has 0 saturated heterocycles. The zero-order chi connectivity index (χ0) is 18.5. The van der Waals surface area contributed by atoms with E-state index in [1.807, 2.05) is 72.8 Å². The standard InChI is InChI=1S/C24H18O3/c25-24-21-15-14-20(26-17-19-10-5-2-6-11-19)16-23(21)27-22(24)13-7-12-18-8-3-1-4-9-18/h1-16H,17H2. The molecule has 0 aromatic heterocycles. The maximum absolute atomic E-state index is 12.5. The van der Waals surface area contributed by atoms with Crippen LogP contribution in [0.4, 0.5) is 0 Å². The van der Waals surface area contributed by atoms with Crippen molar-refractivity contribution >= 4 is 11.9 Å². The summed E-state index contributed by atoms with van der Waals surface area (Å²) in [4.78, 5) is 12.5. The molecule has 3 aromatic rings. The van der Waals surface area contributed by atoms with E-state index in [2.05, 4.69) is 0 Å². The van der Waals surface area contributed by atoms with Crippen LogP contribution in [0.2, 0.25) is 0 Å². The van der Waals surface area contributed by atoms with Crippen molar-refractivity contribution in [3.63, 3.8) is 0 Å². The molecule has 1 heterocycles. The second kappa shape index (κ2) is 7.75. The molecule has 1 aliphatic rings. The minimum atomic E-state index is -0.114. The fraction of sp³-hybridized carbons (Fsp3) is 0.0417. The van der Waals surface area contributed by atoms with Crippen molar-refractivity contribution in [1.29, 1.82) is 0 Å². The van der Waals surface area contributed by atoms with Gasteiger partial charge >= 0.3 is 0 Å². The number of carbonyl (C=O) groups excluding carboxylic acids is 1. The van der Waals surface area contributed by atoms with Gasteiger partial charge in [-0.05, 0) is 29.3 Å². The van der Waals surface area contributed by atoms with Crippen LogP contribution >= 0.6 is 0 Å². The van der Waals surface area contributed by atoms with Gasteiger partial charge in [0, 0.05) is 6.07 Å². The second-order valence-corrected chi connectivity index (χ2v) is 6.16. The quantitative estimate of drug-likeness (QED) is 0.573. The summed E-state index contributed by atoms with van der Waals surface area (Å²) in [6, 6.07) is 25.1. The summed E-state index contributed by atoms with van der Waals surface area (Å²) in [6.45, 7) is 0.468. The predicted octanol–water partition coefficient (Wildman–Crippen LogP) is 5.44. The van der Waals surface area contributed by atoms with Crippen LogP contribution in [0.3, 0.4) is 0 Å². The van der Waals surface area contributed by atoms with Crippen LogP contribution in [-0.4, -0.2) is 5.78 Å². The lowest BCUT2D eigenvalue weighted by Gasteiger charge is -2.07. The first-order valence-corrected chi connectivity index (χ1v) is 8.76. The maximum atomic E-state index is 12.5. The first-order valence-electron chi connectivity index (χ1n) is 8.76. The molecule has 3 nitrogen and oxygen atoms in total. The summed E-state index contributed by atoms with van der Waals surface area (Å²) in [5.41, 5.74) is 2.71. The smallest absolute Gasteiger partial charge is 0.231 e. The highest BCUT2D eigenvalue weighted by Gasteiger charge is 2.27. The van der Waals surface area contributed by atoms with Gasteiger partial charge in [0.2, 0.25) is 5.78 Å². The summed E-state index contributed by atoms with van der Waals surface area (Å²) >= 11 is 0. The van der Waals surface area contributed by atoms with Crippen LogP contribution in [0.1, 0.15) is 21.5 Å². The molecule has 27 heavy (non-hydrogen) atoms. The Labute approximate surface area is 158 Å². The first-order chi connectivity index (χ1) is 13.3. The SMILES string of the molecule is O=C1C(=CC=Cc2ccccc2)Oc2cc(OCc3ccccc3)ccc21. The van der Waals surface area contributed by atoms with Gasteiger partial charge in [0.15, 0.2) is 5.76 Å². The van der Waals surface area contributed by atoms with Crippen molar-refractivity contribution in [2.45, 2.75) is 6.61 Å². The Hall–Kier alpha value is -3.59. The Kier molecular flexibility index (Phi) is 4.84. The van der Waals surface area contributed by atoms with Crippen molar-refractivity contribution in [3.05, 3.63) is 113 Å². The summed E-state index contributed by atoms with van der Waals surface area (Å²) in [6.07, 6.45) is 5.45. The van der Waals surface area contributed by atoms with Crippen LogP contribution in [0.5, 0.6) is 11.5 Å². The zero-order valence-electron chi connectivity index (χ0n) is 14.7. The van der Waals surface area contributed by atoms with Crippen molar-refractivity contribution in [1.82, 2.24) is 0 Å². The van der Waals surface area contributed by atoms with Gasteiger partial charge in [-0.15, -0.1) is 0 Å². The van der Waals surface area contributed by atoms with Gasteiger partial charge in [0.05, 0.1) is 5.56 Å². The topological polar surface area (TPSA) is 35.5 Å². The van der Waals surface area contributed by atoms with E-state index in [4.69, 9.17) is 9.47 Å². The van der Waals surface area contributed by atoms with Gasteiger partial charge in [-0.3, -0.25) is 4.79 Å². The van der Waals surface area contributed by atoms with E-state index >= 15 is 0 Å². The third-order valence-corrected chi connectivity index (χ3v) is 4.23. The van der Waals surface area contributed by atoms with E-state index in [0.29, 0.717) is 29.4 Å². The molecular formula is C24H18O3. The summed E-state index contributed by atoms with van der Waals surface area (Å²) in [5.74, 6) is 1.41. The lowest BCUT2D eigenvalue weighted by Crippen LogP contribution is -1.97. The molecule has 3 heteroatoms. The highest BCUT2D eigenvalue weighted by Crippen LogP contribution is 2.34. The van der Waals surface area contributed by atoms with E-state index in [0.717, 1.165) is 11.1 Å². The third-order valence-electron chi connectivity index (χ3n) is 4.23. The maximum Gasteiger partial charge on any atom is 0.231 e. The monoisotopic (exact) mass is 354 g/mol. The number of hydrogen-bond donors (Lipinski definition) is 0. The van der Waals surface area contributed by atoms with E-state index in [9.17, 15) is 4.79 Å². The molecule has 1 aliphatic heterocycles. The van der Waals surface area contributed by atoms with Crippen LogP contribution in [0.15, 0.2) is 96.8 Å². The minimum Gasteiger partial charge on any atom is -0.489 e. The van der Waals surface area contributed by atoms with Gasteiger partial charge in [-0.25, -0.2) is 0 Å². The summed E-state index contributed by atoms with van der Waals surface area (Å²) in [7, 11) is 0. The van der Waals surface area contributed by atoms with Crippen LogP contribution in [0, 0.1) is 0 Å². The number of Topliss-reactive ketones (excluding diaryl/α,β-unsaturated/α-hetero) is 1. The molecular weight excluding hydrogens is 336 g/mol. The number of benzene rings is 3. The van der Waals surface area contributed by atoms with E-state index in [1.54, 1.807) is 24.3 Å². The highest BCUT2D eigenvalue weighted by atomic mass is 16.5. The predicted molar refractivity (Wildman–Crippen MR) is 106 cm³/mol. The molecule has 3 aromatic carbocycles. The molecule has 0 spiro atoms. The van der Waals surface area contributed by atoms with Gasteiger partial charge in [0.1, 0.15) is 18.1 Å². The molecule has 0 atom stereocenters. The molecule has 0 saturated carbocycles. The Morgan fingerprint density at radius 1 is 0.889 bits per heavy atom. The normalized spacial score (nSPS) is 14.4.